The number of benzene rings is 1. The number of amides is 3. The van der Waals surface area contributed by atoms with Crippen molar-refractivity contribution in [3.05, 3.63) is 23.8 Å². The number of hydrogen-bond acceptors (Lipinski definition) is 5. The minimum atomic E-state index is -0.849. The first-order chi connectivity index (χ1) is 10.5. The molecular formula is C15H22N4O3. The summed E-state index contributed by atoms with van der Waals surface area (Å²) < 4.78 is 5.35. The lowest BCUT2D eigenvalue weighted by Gasteiger charge is -2.29. The zero-order valence-electron chi connectivity index (χ0n) is 12.9. The van der Waals surface area contributed by atoms with Gasteiger partial charge in [-0.2, -0.15) is 0 Å². The molecule has 0 aliphatic carbocycles. The summed E-state index contributed by atoms with van der Waals surface area (Å²) in [5, 5.41) is 5.14. The van der Waals surface area contributed by atoms with Gasteiger partial charge < -0.3 is 20.7 Å². The number of nitrogens with one attached hydrogen (secondary N) is 2. The summed E-state index contributed by atoms with van der Waals surface area (Å²) in [5.41, 5.74) is 7.96. The third-order valence-electron chi connectivity index (χ3n) is 3.60. The first-order valence-corrected chi connectivity index (χ1v) is 7.27. The number of primary amides is 1. The normalized spacial score (nSPS) is 16.0. The lowest BCUT2D eigenvalue weighted by atomic mass is 10.1. The summed E-state index contributed by atoms with van der Waals surface area (Å²) in [4.78, 5) is 24.7. The summed E-state index contributed by atoms with van der Waals surface area (Å²) >= 11 is 0. The molecule has 1 aliphatic rings. The van der Waals surface area contributed by atoms with Gasteiger partial charge in [-0.1, -0.05) is 0 Å². The summed E-state index contributed by atoms with van der Waals surface area (Å²) in [6.45, 7) is 6.89. The largest absolute Gasteiger partial charge is 0.378 e. The van der Waals surface area contributed by atoms with Crippen LogP contribution >= 0.6 is 0 Å². The van der Waals surface area contributed by atoms with E-state index in [4.69, 9.17) is 10.5 Å². The first kappa shape index (κ1) is 16.1. The molecule has 0 bridgehead atoms. The van der Waals surface area contributed by atoms with Gasteiger partial charge in [-0.15, -0.1) is 0 Å². The van der Waals surface area contributed by atoms with Crippen LogP contribution in [0.25, 0.3) is 0 Å². The van der Waals surface area contributed by atoms with Crippen LogP contribution in [-0.2, 0) is 9.53 Å². The van der Waals surface area contributed by atoms with Gasteiger partial charge in [-0.3, -0.25) is 10.1 Å². The van der Waals surface area contributed by atoms with E-state index < -0.39 is 18.0 Å². The Labute approximate surface area is 129 Å². The van der Waals surface area contributed by atoms with Crippen LogP contribution in [-0.4, -0.2) is 44.3 Å². The van der Waals surface area contributed by atoms with Crippen molar-refractivity contribution in [2.75, 3.05) is 36.5 Å². The van der Waals surface area contributed by atoms with Gasteiger partial charge in [0.15, 0.2) is 0 Å². The van der Waals surface area contributed by atoms with Crippen molar-refractivity contribution in [1.29, 1.82) is 0 Å². The number of morpholine rings is 1. The molecule has 120 valence electrons. The number of carbonyl (C=O) groups excluding carboxylic acids is 2. The summed E-state index contributed by atoms with van der Waals surface area (Å²) in [6, 6.07) is 4.62. The number of rotatable bonds is 4. The Bertz CT molecular complexity index is 556. The Hall–Kier alpha value is -2.28. The molecule has 1 aliphatic heterocycles. The second kappa shape index (κ2) is 7.13. The van der Waals surface area contributed by atoms with Crippen molar-refractivity contribution in [3.8, 4) is 0 Å². The Kier molecular flexibility index (Phi) is 5.21. The van der Waals surface area contributed by atoms with Gasteiger partial charge >= 0.3 is 6.03 Å². The highest BCUT2D eigenvalue weighted by molar-refractivity contribution is 5.97. The first-order valence-electron chi connectivity index (χ1n) is 7.27. The number of hydrogen-bond donors (Lipinski definition) is 3. The number of urea groups is 1. The van der Waals surface area contributed by atoms with E-state index in [1.165, 1.54) is 0 Å². The number of nitrogens with zero attached hydrogens (tertiary/aromatic N) is 1. The fraction of sp³-hybridized carbons (Fsp3) is 0.467. The molecule has 0 unspecified atom stereocenters. The molecule has 0 spiro atoms. The summed E-state index contributed by atoms with van der Waals surface area (Å²) in [5.74, 6) is -0.454. The Balaban J connectivity index is 2.03. The van der Waals surface area contributed by atoms with Gasteiger partial charge in [0.25, 0.3) is 0 Å². The smallest absolute Gasteiger partial charge is 0.318 e. The van der Waals surface area contributed by atoms with Gasteiger partial charge in [-0.25, -0.2) is 4.79 Å². The number of nitrogens with two attached hydrogens (primary N) is 1. The number of ether oxygens (including phenoxy) is 1. The third-order valence-corrected chi connectivity index (χ3v) is 3.60. The van der Waals surface area contributed by atoms with Gasteiger partial charge in [0.1, 0.15) is 6.04 Å². The van der Waals surface area contributed by atoms with Crippen LogP contribution in [0.5, 0.6) is 0 Å². The fourth-order valence-corrected chi connectivity index (χ4v) is 2.36. The van der Waals surface area contributed by atoms with E-state index in [2.05, 4.69) is 21.6 Å². The highest BCUT2D eigenvalue weighted by Crippen LogP contribution is 2.24. The zero-order chi connectivity index (χ0) is 16.1. The van der Waals surface area contributed by atoms with E-state index in [0.717, 1.165) is 43.2 Å². The third kappa shape index (κ3) is 4.11. The van der Waals surface area contributed by atoms with Crippen molar-refractivity contribution in [1.82, 2.24) is 5.32 Å². The van der Waals surface area contributed by atoms with E-state index >= 15 is 0 Å². The van der Waals surface area contributed by atoms with E-state index in [0.29, 0.717) is 0 Å². The molecule has 0 saturated carbocycles. The highest BCUT2D eigenvalue weighted by Gasteiger charge is 2.16. The van der Waals surface area contributed by atoms with E-state index in [1.807, 2.05) is 19.1 Å². The second-order valence-corrected chi connectivity index (χ2v) is 5.32. The highest BCUT2D eigenvalue weighted by atomic mass is 16.5. The molecule has 0 aromatic heterocycles. The number of anilines is 2. The molecule has 7 heteroatoms. The molecule has 2 rings (SSSR count). The second-order valence-electron chi connectivity index (χ2n) is 5.32. The maximum Gasteiger partial charge on any atom is 0.318 e. The van der Waals surface area contributed by atoms with Crippen molar-refractivity contribution < 1.29 is 14.3 Å². The van der Waals surface area contributed by atoms with Crippen LogP contribution in [0.3, 0.4) is 0 Å². The van der Waals surface area contributed by atoms with Crippen LogP contribution in [0.1, 0.15) is 12.5 Å². The average Bonchev–Trinajstić information content (AvgIpc) is 2.49. The van der Waals surface area contributed by atoms with Crippen LogP contribution < -0.4 is 21.3 Å². The Morgan fingerprint density at radius 2 is 2.00 bits per heavy atom. The quantitative estimate of drug-likeness (QED) is 0.765. The Morgan fingerprint density at radius 3 is 2.59 bits per heavy atom. The molecule has 1 fully saturated rings. The predicted octanol–water partition coefficient (Wildman–Crippen LogP) is 0.827. The molecule has 1 saturated heterocycles. The summed E-state index contributed by atoms with van der Waals surface area (Å²) in [7, 11) is 0. The number of carbonyl (C=O) groups is 2. The SMILES string of the molecule is Cc1cc(N2CCOCC2)ccc1N[C@H](C)C(=O)NC(N)=O. The van der Waals surface area contributed by atoms with Gasteiger partial charge in [0, 0.05) is 24.5 Å². The number of aryl methyl sites for hydroxylation is 1. The molecule has 3 amide bonds. The van der Waals surface area contributed by atoms with E-state index in [1.54, 1.807) is 6.92 Å². The zero-order valence-corrected chi connectivity index (χ0v) is 12.9. The van der Waals surface area contributed by atoms with E-state index in [9.17, 15) is 9.59 Å². The summed E-state index contributed by atoms with van der Waals surface area (Å²) in [6.07, 6.45) is 0. The van der Waals surface area contributed by atoms with Crippen LogP contribution in [0.15, 0.2) is 18.2 Å². The van der Waals surface area contributed by atoms with Gasteiger partial charge in [0.2, 0.25) is 5.91 Å². The van der Waals surface area contributed by atoms with Gasteiger partial charge in [-0.05, 0) is 37.6 Å². The predicted molar refractivity (Wildman–Crippen MR) is 85.0 cm³/mol. The molecule has 1 aromatic carbocycles. The monoisotopic (exact) mass is 306 g/mol. The van der Waals surface area contributed by atoms with Crippen molar-refractivity contribution in [3.63, 3.8) is 0 Å². The standard InChI is InChI=1S/C15H22N4O3/c1-10-9-12(19-5-7-22-8-6-19)3-4-13(10)17-11(2)14(20)18-15(16)21/h3-4,9,11,17H,5-8H2,1-2H3,(H3,16,18,20,21)/t11-/m1/s1. The Morgan fingerprint density at radius 1 is 1.32 bits per heavy atom. The molecule has 1 aromatic rings. The van der Waals surface area contributed by atoms with Crippen molar-refractivity contribution >= 4 is 23.3 Å². The molecule has 7 nitrogen and oxygen atoms in total. The molecule has 0 radical (unpaired) electrons. The lowest BCUT2D eigenvalue weighted by Crippen LogP contribution is -2.43. The minimum absolute atomic E-state index is 0.454. The van der Waals surface area contributed by atoms with Crippen LogP contribution in [0, 0.1) is 6.92 Å². The molecular weight excluding hydrogens is 284 g/mol. The van der Waals surface area contributed by atoms with Gasteiger partial charge in [0.05, 0.1) is 13.2 Å². The molecule has 1 atom stereocenters. The maximum absolute atomic E-state index is 11.7. The van der Waals surface area contributed by atoms with Crippen LogP contribution in [0.4, 0.5) is 16.2 Å². The van der Waals surface area contributed by atoms with Crippen molar-refractivity contribution in [2.45, 2.75) is 19.9 Å². The minimum Gasteiger partial charge on any atom is -0.378 e. The topological polar surface area (TPSA) is 96.7 Å². The number of imide groups is 1. The lowest BCUT2D eigenvalue weighted by molar-refractivity contribution is -0.120. The molecule has 1 heterocycles. The maximum atomic E-state index is 11.7. The molecule has 22 heavy (non-hydrogen) atoms. The fourth-order valence-electron chi connectivity index (χ4n) is 2.36. The van der Waals surface area contributed by atoms with E-state index in [-0.39, 0.29) is 0 Å². The van der Waals surface area contributed by atoms with Crippen molar-refractivity contribution in [2.24, 2.45) is 5.73 Å². The van der Waals surface area contributed by atoms with Crippen LogP contribution in [0.2, 0.25) is 0 Å². The average molecular weight is 306 g/mol. The molecule has 4 N–H and O–H groups in total.